The smallest absolute Gasteiger partial charge is 0.338 e. The predicted molar refractivity (Wildman–Crippen MR) is 85.9 cm³/mol. The van der Waals surface area contributed by atoms with E-state index in [2.05, 4.69) is 6.92 Å². The van der Waals surface area contributed by atoms with E-state index in [1.54, 1.807) is 24.3 Å². The summed E-state index contributed by atoms with van der Waals surface area (Å²) in [5, 5.41) is 0. The predicted octanol–water partition coefficient (Wildman–Crippen LogP) is 4.42. The monoisotopic (exact) mass is 296 g/mol. The van der Waals surface area contributed by atoms with Crippen LogP contribution in [0.4, 0.5) is 0 Å². The lowest BCUT2D eigenvalue weighted by molar-refractivity contribution is 0.0472. The van der Waals surface area contributed by atoms with Gasteiger partial charge in [0.25, 0.3) is 0 Å². The van der Waals surface area contributed by atoms with Crippen molar-refractivity contribution in [2.75, 3.05) is 0 Å². The molecule has 0 radical (unpaired) electrons. The molecule has 3 heteroatoms. The van der Waals surface area contributed by atoms with E-state index in [0.717, 1.165) is 18.4 Å². The molecule has 2 rings (SSSR count). The summed E-state index contributed by atoms with van der Waals surface area (Å²) in [5.41, 5.74) is 2.05. The third-order valence-corrected chi connectivity index (χ3v) is 3.41. The standard InChI is InChI=1S/C19H20O3/c1-2-3-9-18(20)16-10-12-17(13-11-16)19(21)22-14-15-7-5-4-6-8-15/h4-8,10-13H,2-3,9,14H2,1H3. The lowest BCUT2D eigenvalue weighted by Gasteiger charge is -2.06. The van der Waals surface area contributed by atoms with E-state index in [0.29, 0.717) is 17.5 Å². The molecule has 0 amide bonds. The first kappa shape index (κ1) is 16.0. The van der Waals surface area contributed by atoms with E-state index >= 15 is 0 Å². The summed E-state index contributed by atoms with van der Waals surface area (Å²) in [4.78, 5) is 23.8. The van der Waals surface area contributed by atoms with Crippen LogP contribution < -0.4 is 0 Å². The molecule has 2 aromatic carbocycles. The van der Waals surface area contributed by atoms with Gasteiger partial charge >= 0.3 is 5.97 Å². The molecule has 0 heterocycles. The molecule has 0 aromatic heterocycles. The van der Waals surface area contributed by atoms with Crippen molar-refractivity contribution in [3.05, 3.63) is 71.3 Å². The minimum atomic E-state index is -0.378. The molecular weight excluding hydrogens is 276 g/mol. The summed E-state index contributed by atoms with van der Waals surface area (Å²) >= 11 is 0. The summed E-state index contributed by atoms with van der Waals surface area (Å²) in [6, 6.07) is 16.2. The normalized spacial score (nSPS) is 10.2. The lowest BCUT2D eigenvalue weighted by atomic mass is 10.0. The Morgan fingerprint density at radius 2 is 1.55 bits per heavy atom. The molecule has 0 saturated heterocycles. The third-order valence-electron chi connectivity index (χ3n) is 3.41. The van der Waals surface area contributed by atoms with Crippen molar-refractivity contribution in [3.63, 3.8) is 0 Å². The minimum Gasteiger partial charge on any atom is -0.457 e. The van der Waals surface area contributed by atoms with Crippen LogP contribution in [-0.4, -0.2) is 11.8 Å². The third kappa shape index (κ3) is 4.55. The molecule has 0 N–H and O–H groups in total. The van der Waals surface area contributed by atoms with E-state index in [1.807, 2.05) is 30.3 Å². The molecule has 0 atom stereocenters. The number of carbonyl (C=O) groups excluding carboxylic acids is 2. The Kier molecular flexibility index (Phi) is 5.90. The van der Waals surface area contributed by atoms with Crippen LogP contribution in [0.2, 0.25) is 0 Å². The van der Waals surface area contributed by atoms with Crippen LogP contribution in [0.25, 0.3) is 0 Å². The first-order valence-corrected chi connectivity index (χ1v) is 7.55. The zero-order valence-electron chi connectivity index (χ0n) is 12.7. The average molecular weight is 296 g/mol. The van der Waals surface area contributed by atoms with Crippen molar-refractivity contribution in [3.8, 4) is 0 Å². The Labute approximate surface area is 130 Å². The van der Waals surface area contributed by atoms with Gasteiger partial charge in [-0.2, -0.15) is 0 Å². The SMILES string of the molecule is CCCCC(=O)c1ccc(C(=O)OCc2ccccc2)cc1. The van der Waals surface area contributed by atoms with Crippen molar-refractivity contribution < 1.29 is 14.3 Å². The molecule has 22 heavy (non-hydrogen) atoms. The van der Waals surface area contributed by atoms with Crippen molar-refractivity contribution >= 4 is 11.8 Å². The molecule has 0 aliphatic heterocycles. The number of carbonyl (C=O) groups is 2. The van der Waals surface area contributed by atoms with Gasteiger partial charge in [0.1, 0.15) is 6.61 Å². The van der Waals surface area contributed by atoms with Gasteiger partial charge in [-0.05, 0) is 24.1 Å². The van der Waals surface area contributed by atoms with Gasteiger partial charge < -0.3 is 4.74 Å². The highest BCUT2D eigenvalue weighted by Crippen LogP contribution is 2.11. The van der Waals surface area contributed by atoms with Crippen LogP contribution in [0.1, 0.15) is 52.5 Å². The fourth-order valence-corrected chi connectivity index (χ4v) is 2.08. The van der Waals surface area contributed by atoms with Gasteiger partial charge in [-0.25, -0.2) is 4.79 Å². The molecular formula is C19H20O3. The van der Waals surface area contributed by atoms with Crippen molar-refractivity contribution in [2.45, 2.75) is 32.8 Å². The maximum absolute atomic E-state index is 12.0. The van der Waals surface area contributed by atoms with Gasteiger partial charge in [0.2, 0.25) is 0 Å². The summed E-state index contributed by atoms with van der Waals surface area (Å²) in [6.45, 7) is 2.30. The minimum absolute atomic E-state index is 0.117. The highest BCUT2D eigenvalue weighted by molar-refractivity contribution is 5.97. The fraction of sp³-hybridized carbons (Fsp3) is 0.263. The van der Waals surface area contributed by atoms with Gasteiger partial charge in [0, 0.05) is 12.0 Å². The fourth-order valence-electron chi connectivity index (χ4n) is 2.08. The summed E-state index contributed by atoms with van der Waals surface area (Å²) in [6.07, 6.45) is 2.43. The second-order valence-corrected chi connectivity index (χ2v) is 5.17. The van der Waals surface area contributed by atoms with E-state index in [4.69, 9.17) is 4.74 Å². The Bertz CT molecular complexity index is 615. The first-order valence-electron chi connectivity index (χ1n) is 7.55. The van der Waals surface area contributed by atoms with Gasteiger partial charge in [0.15, 0.2) is 5.78 Å². The van der Waals surface area contributed by atoms with Crippen molar-refractivity contribution in [1.29, 1.82) is 0 Å². The summed E-state index contributed by atoms with van der Waals surface area (Å²) < 4.78 is 5.26. The lowest BCUT2D eigenvalue weighted by Crippen LogP contribution is -2.06. The second-order valence-electron chi connectivity index (χ2n) is 5.17. The molecule has 0 spiro atoms. The van der Waals surface area contributed by atoms with E-state index in [1.165, 1.54) is 0 Å². The van der Waals surface area contributed by atoms with Crippen LogP contribution in [0, 0.1) is 0 Å². The second kappa shape index (κ2) is 8.13. The number of benzene rings is 2. The number of rotatable bonds is 7. The van der Waals surface area contributed by atoms with Crippen LogP contribution in [0.15, 0.2) is 54.6 Å². The molecule has 0 aliphatic carbocycles. The van der Waals surface area contributed by atoms with Gasteiger partial charge in [-0.1, -0.05) is 55.8 Å². The van der Waals surface area contributed by atoms with E-state index < -0.39 is 0 Å². The zero-order valence-corrected chi connectivity index (χ0v) is 12.7. The van der Waals surface area contributed by atoms with Crippen LogP contribution in [-0.2, 0) is 11.3 Å². The average Bonchev–Trinajstić information content (AvgIpc) is 2.58. The Morgan fingerprint density at radius 1 is 0.909 bits per heavy atom. The molecule has 2 aromatic rings. The maximum Gasteiger partial charge on any atom is 0.338 e. The number of ketones is 1. The topological polar surface area (TPSA) is 43.4 Å². The Hall–Kier alpha value is -2.42. The zero-order chi connectivity index (χ0) is 15.8. The Morgan fingerprint density at radius 3 is 2.18 bits per heavy atom. The first-order chi connectivity index (χ1) is 10.7. The van der Waals surface area contributed by atoms with Gasteiger partial charge in [0.05, 0.1) is 5.56 Å². The number of ether oxygens (including phenoxy) is 1. The molecule has 0 bridgehead atoms. The molecule has 3 nitrogen and oxygen atoms in total. The van der Waals surface area contributed by atoms with E-state index in [-0.39, 0.29) is 18.4 Å². The Balaban J connectivity index is 1.92. The summed E-state index contributed by atoms with van der Waals surface area (Å²) in [5.74, 6) is -0.262. The molecule has 0 saturated carbocycles. The molecule has 0 fully saturated rings. The van der Waals surface area contributed by atoms with Crippen LogP contribution in [0.5, 0.6) is 0 Å². The number of hydrogen-bond acceptors (Lipinski definition) is 3. The van der Waals surface area contributed by atoms with Crippen molar-refractivity contribution in [1.82, 2.24) is 0 Å². The quantitative estimate of drug-likeness (QED) is 0.561. The molecule has 0 aliphatic rings. The largest absolute Gasteiger partial charge is 0.457 e. The highest BCUT2D eigenvalue weighted by Gasteiger charge is 2.10. The van der Waals surface area contributed by atoms with Crippen LogP contribution in [0.3, 0.4) is 0 Å². The van der Waals surface area contributed by atoms with Crippen molar-refractivity contribution in [2.24, 2.45) is 0 Å². The summed E-state index contributed by atoms with van der Waals surface area (Å²) in [7, 11) is 0. The van der Waals surface area contributed by atoms with Gasteiger partial charge in [-0.15, -0.1) is 0 Å². The van der Waals surface area contributed by atoms with Gasteiger partial charge in [-0.3, -0.25) is 4.79 Å². The molecule has 0 unspecified atom stereocenters. The van der Waals surface area contributed by atoms with Crippen LogP contribution >= 0.6 is 0 Å². The van der Waals surface area contributed by atoms with E-state index in [9.17, 15) is 9.59 Å². The highest BCUT2D eigenvalue weighted by atomic mass is 16.5. The number of esters is 1. The number of unbranched alkanes of at least 4 members (excludes halogenated alkanes) is 1. The number of Topliss-reactive ketones (excluding diaryl/α,β-unsaturated/α-hetero) is 1. The number of hydrogen-bond donors (Lipinski definition) is 0. The maximum atomic E-state index is 12.0. The molecule has 114 valence electrons.